The number of rotatable bonds is 7. The zero-order valence-corrected chi connectivity index (χ0v) is 23.3. The standard InChI is InChI=1S/C29H33N3O4S2/c1-17-3-5-18(6-4-17)23-13-32(2)10-9-21(23)22-12-26(38-27(22)29(35)36)19-7-8-24(20(11-19)14-33)31-28(34)25-15-37-16-30-25/h7-8,11-12,15-18,33H,3-6,9-10,13-14H2,1-2H3,(H,31,34)(H,35,36). The molecule has 1 saturated carbocycles. The first kappa shape index (κ1) is 26.7. The molecule has 1 aliphatic heterocycles. The van der Waals surface area contributed by atoms with Gasteiger partial charge in [-0.25, -0.2) is 9.78 Å². The van der Waals surface area contributed by atoms with Crippen LogP contribution < -0.4 is 5.32 Å². The molecule has 0 bridgehead atoms. The zero-order valence-electron chi connectivity index (χ0n) is 21.7. The normalized spacial score (nSPS) is 20.5. The molecule has 7 nitrogen and oxygen atoms in total. The van der Waals surface area contributed by atoms with Gasteiger partial charge in [-0.15, -0.1) is 22.7 Å². The number of hydrogen-bond acceptors (Lipinski definition) is 7. The molecule has 0 saturated heterocycles. The Kier molecular flexibility index (Phi) is 8.09. The van der Waals surface area contributed by atoms with Crippen LogP contribution in [-0.2, 0) is 6.61 Å². The third kappa shape index (κ3) is 5.61. The van der Waals surface area contributed by atoms with Gasteiger partial charge in [-0.1, -0.05) is 25.8 Å². The monoisotopic (exact) mass is 551 g/mol. The van der Waals surface area contributed by atoms with Crippen molar-refractivity contribution in [2.75, 3.05) is 25.5 Å². The Labute approximate surface area is 230 Å². The zero-order chi connectivity index (χ0) is 26.8. The van der Waals surface area contributed by atoms with E-state index in [1.54, 1.807) is 17.0 Å². The Morgan fingerprint density at radius 3 is 2.66 bits per heavy atom. The first-order chi connectivity index (χ1) is 18.3. The lowest BCUT2D eigenvalue weighted by molar-refractivity contribution is 0.0701. The molecule has 3 heterocycles. The van der Waals surface area contributed by atoms with Crippen molar-refractivity contribution in [2.24, 2.45) is 11.8 Å². The average molecular weight is 552 g/mol. The minimum absolute atomic E-state index is 0.258. The Hall–Kier alpha value is -2.85. The minimum atomic E-state index is -0.908. The molecule has 3 aromatic rings. The van der Waals surface area contributed by atoms with Crippen LogP contribution in [-0.4, -0.2) is 52.1 Å². The van der Waals surface area contributed by atoms with Gasteiger partial charge in [0, 0.05) is 40.2 Å². The first-order valence-corrected chi connectivity index (χ1v) is 14.8. The lowest BCUT2D eigenvalue weighted by Gasteiger charge is -2.35. The number of carboxylic acid groups (broad SMARTS) is 1. The number of anilines is 1. The molecule has 1 aromatic carbocycles. The number of carbonyl (C=O) groups is 2. The summed E-state index contributed by atoms with van der Waals surface area (Å²) in [6.07, 6.45) is 5.63. The molecule has 5 rings (SSSR count). The summed E-state index contributed by atoms with van der Waals surface area (Å²) in [5.74, 6) is 0.0254. The Balaban J connectivity index is 1.50. The smallest absolute Gasteiger partial charge is 0.346 e. The predicted molar refractivity (Wildman–Crippen MR) is 153 cm³/mol. The van der Waals surface area contributed by atoms with Gasteiger partial charge < -0.3 is 20.4 Å². The summed E-state index contributed by atoms with van der Waals surface area (Å²) in [6.45, 7) is 3.86. The van der Waals surface area contributed by atoms with Gasteiger partial charge in [-0.05, 0) is 73.1 Å². The average Bonchev–Trinajstić information content (AvgIpc) is 3.60. The quantitative estimate of drug-likeness (QED) is 0.322. The fraction of sp³-hybridized carbons (Fsp3) is 0.414. The number of thiophene rings is 1. The molecule has 0 radical (unpaired) electrons. The lowest BCUT2D eigenvalue weighted by Crippen LogP contribution is -2.31. The van der Waals surface area contributed by atoms with Gasteiger partial charge in [-0.3, -0.25) is 4.79 Å². The minimum Gasteiger partial charge on any atom is -0.477 e. The van der Waals surface area contributed by atoms with Crippen molar-refractivity contribution in [1.29, 1.82) is 0 Å². The van der Waals surface area contributed by atoms with Crippen LogP contribution in [0.25, 0.3) is 16.0 Å². The van der Waals surface area contributed by atoms with E-state index in [0.717, 1.165) is 41.4 Å². The summed E-state index contributed by atoms with van der Waals surface area (Å²) in [5.41, 5.74) is 7.27. The number of aliphatic hydroxyl groups is 1. The SMILES string of the molecule is CC1CCC(C2=C(c3cc(-c4ccc(NC(=O)c5cscn5)c(CO)c4)sc3C(=O)O)CCN(C)C2)CC1. The van der Waals surface area contributed by atoms with Crippen molar-refractivity contribution in [3.8, 4) is 10.4 Å². The van der Waals surface area contributed by atoms with Gasteiger partial charge in [0.25, 0.3) is 5.91 Å². The van der Waals surface area contributed by atoms with Gasteiger partial charge in [0.2, 0.25) is 0 Å². The van der Waals surface area contributed by atoms with Crippen LogP contribution in [0.15, 0.2) is 40.7 Å². The van der Waals surface area contributed by atoms with E-state index in [4.69, 9.17) is 0 Å². The highest BCUT2D eigenvalue weighted by molar-refractivity contribution is 7.17. The second kappa shape index (κ2) is 11.5. The van der Waals surface area contributed by atoms with E-state index >= 15 is 0 Å². The largest absolute Gasteiger partial charge is 0.477 e. The van der Waals surface area contributed by atoms with Gasteiger partial charge >= 0.3 is 5.97 Å². The molecule has 0 spiro atoms. The molecule has 3 N–H and O–H groups in total. The number of amides is 1. The van der Waals surface area contributed by atoms with Crippen LogP contribution in [0.1, 0.15) is 70.3 Å². The summed E-state index contributed by atoms with van der Waals surface area (Å²) < 4.78 is 0. The Morgan fingerprint density at radius 2 is 1.97 bits per heavy atom. The number of aromatic carboxylic acids is 1. The molecule has 1 amide bonds. The van der Waals surface area contributed by atoms with Crippen molar-refractivity contribution in [3.05, 3.63) is 62.4 Å². The van der Waals surface area contributed by atoms with Gasteiger partial charge in [0.1, 0.15) is 10.6 Å². The molecular weight excluding hydrogens is 518 g/mol. The Morgan fingerprint density at radius 1 is 1.18 bits per heavy atom. The van der Waals surface area contributed by atoms with Gasteiger partial charge in [0.05, 0.1) is 12.1 Å². The molecule has 9 heteroatoms. The van der Waals surface area contributed by atoms with E-state index in [9.17, 15) is 19.8 Å². The molecule has 38 heavy (non-hydrogen) atoms. The number of aliphatic hydroxyl groups excluding tert-OH is 1. The van der Waals surface area contributed by atoms with Crippen molar-refractivity contribution < 1.29 is 19.8 Å². The number of carbonyl (C=O) groups excluding carboxylic acids is 1. The van der Waals surface area contributed by atoms with E-state index < -0.39 is 5.97 Å². The number of nitrogens with one attached hydrogen (secondary N) is 1. The second-order valence-corrected chi connectivity index (χ2v) is 12.2. The summed E-state index contributed by atoms with van der Waals surface area (Å²) in [4.78, 5) is 32.5. The molecule has 200 valence electrons. The number of likely N-dealkylation sites (N-methyl/N-ethyl adjacent to an activating group) is 1. The van der Waals surface area contributed by atoms with E-state index in [-0.39, 0.29) is 12.5 Å². The van der Waals surface area contributed by atoms with Crippen molar-refractivity contribution in [1.82, 2.24) is 9.88 Å². The fourth-order valence-electron chi connectivity index (χ4n) is 5.65. The fourth-order valence-corrected chi connectivity index (χ4v) is 7.20. The first-order valence-electron chi connectivity index (χ1n) is 13.1. The van der Waals surface area contributed by atoms with E-state index in [1.165, 1.54) is 59.5 Å². The number of aromatic nitrogens is 1. The van der Waals surface area contributed by atoms with Crippen LogP contribution in [0.4, 0.5) is 5.69 Å². The Bertz CT molecular complexity index is 1350. The number of hydrogen-bond donors (Lipinski definition) is 3. The van der Waals surface area contributed by atoms with Crippen molar-refractivity contribution in [2.45, 2.75) is 45.6 Å². The molecule has 2 aromatic heterocycles. The molecule has 0 atom stereocenters. The maximum atomic E-state index is 12.5. The lowest BCUT2D eigenvalue weighted by atomic mass is 9.75. The van der Waals surface area contributed by atoms with Crippen LogP contribution >= 0.6 is 22.7 Å². The molecule has 1 aliphatic carbocycles. The molecule has 2 aliphatic rings. The highest BCUT2D eigenvalue weighted by atomic mass is 32.1. The molecular formula is C29H33N3O4S2. The van der Waals surface area contributed by atoms with Crippen molar-refractivity contribution >= 4 is 45.8 Å². The maximum absolute atomic E-state index is 12.5. The third-order valence-electron chi connectivity index (χ3n) is 7.80. The van der Waals surface area contributed by atoms with Gasteiger partial charge in [-0.2, -0.15) is 0 Å². The number of nitrogens with zero attached hydrogens (tertiary/aromatic N) is 2. The summed E-state index contributed by atoms with van der Waals surface area (Å²) in [5, 5.41) is 24.7. The van der Waals surface area contributed by atoms with Crippen LogP contribution in [0.5, 0.6) is 0 Å². The molecule has 1 fully saturated rings. The number of benzene rings is 1. The van der Waals surface area contributed by atoms with Crippen LogP contribution in [0.3, 0.4) is 0 Å². The van der Waals surface area contributed by atoms with E-state index in [2.05, 4.69) is 29.2 Å². The molecule has 0 unspecified atom stereocenters. The van der Waals surface area contributed by atoms with Crippen LogP contribution in [0.2, 0.25) is 0 Å². The van der Waals surface area contributed by atoms with Crippen LogP contribution in [0, 0.1) is 11.8 Å². The maximum Gasteiger partial charge on any atom is 0.346 e. The second-order valence-electron chi connectivity index (χ2n) is 10.5. The summed E-state index contributed by atoms with van der Waals surface area (Å²) in [6, 6.07) is 7.46. The predicted octanol–water partition coefficient (Wildman–Crippen LogP) is 6.23. The highest BCUT2D eigenvalue weighted by Gasteiger charge is 2.30. The van der Waals surface area contributed by atoms with Gasteiger partial charge in [0.15, 0.2) is 0 Å². The summed E-state index contributed by atoms with van der Waals surface area (Å²) >= 11 is 2.62. The number of thiazole rings is 1. The van der Waals surface area contributed by atoms with E-state index in [0.29, 0.717) is 27.7 Å². The topological polar surface area (TPSA) is 103 Å². The van der Waals surface area contributed by atoms with Crippen molar-refractivity contribution in [3.63, 3.8) is 0 Å². The summed E-state index contributed by atoms with van der Waals surface area (Å²) in [7, 11) is 2.14. The third-order valence-corrected chi connectivity index (χ3v) is 9.56. The number of carboxylic acids is 1. The van der Waals surface area contributed by atoms with E-state index in [1.807, 2.05) is 18.2 Å². The highest BCUT2D eigenvalue weighted by Crippen LogP contribution is 2.43.